The minimum atomic E-state index is -5.92. The van der Waals surface area contributed by atoms with Crippen molar-refractivity contribution in [3.05, 3.63) is 72.8 Å². The van der Waals surface area contributed by atoms with Crippen molar-refractivity contribution in [3.8, 4) is 0 Å². The van der Waals surface area contributed by atoms with Gasteiger partial charge in [0.25, 0.3) is 23.5 Å². The SMILES string of the molecule is CC(C)(COP(=O)([O-])OP(=O)([O-])OC[C@H]1O[C@@H](n2cnc3c(N)ncnc32)C(O)[C@H]1OP(=O)([O-])O)[C@@H](O)C(=O)NCCC(=O)NCCSC(=O)CCCc1ccc2ccc3cccc4ccc1c2c34.[NH4+].[NH4+].[NH4+]. The number of aliphatic hydroxyl groups excluding tert-OH is 2. The number of carbonyl (C=O) groups excluding carboxylic acids is 3. The summed E-state index contributed by atoms with van der Waals surface area (Å²) in [5.74, 6) is -1.21. The van der Waals surface area contributed by atoms with Crippen molar-refractivity contribution in [1.82, 2.24) is 48.6 Å². The van der Waals surface area contributed by atoms with E-state index in [1.807, 2.05) is 6.07 Å². The second kappa shape index (κ2) is 24.6. The zero-order chi connectivity index (χ0) is 49.9. The van der Waals surface area contributed by atoms with Gasteiger partial charge in [-0.3, -0.25) is 32.6 Å². The molecule has 0 bridgehead atoms. The summed E-state index contributed by atoms with van der Waals surface area (Å²) in [6.07, 6.45) is -5.68. The van der Waals surface area contributed by atoms with Crippen molar-refractivity contribution in [2.75, 3.05) is 37.8 Å². The Morgan fingerprint density at radius 2 is 1.56 bits per heavy atom. The summed E-state index contributed by atoms with van der Waals surface area (Å²) in [4.78, 5) is 95.6. The van der Waals surface area contributed by atoms with Gasteiger partial charge in [-0.15, -0.1) is 0 Å². The van der Waals surface area contributed by atoms with E-state index in [-0.39, 0.29) is 60.1 Å². The zero-order valence-electron chi connectivity index (χ0n) is 39.8. The Balaban J connectivity index is 0.00000375. The number of nitrogens with zero attached hydrogens (tertiary/aromatic N) is 4. The van der Waals surface area contributed by atoms with Crippen LogP contribution in [0, 0.1) is 5.41 Å². The minimum absolute atomic E-state index is 0. The van der Waals surface area contributed by atoms with E-state index >= 15 is 0 Å². The predicted molar refractivity (Wildman–Crippen MR) is 261 cm³/mol. The molecule has 8 atom stereocenters. The Bertz CT molecular complexity index is 2990. The Morgan fingerprint density at radius 1 is 0.903 bits per heavy atom. The number of phosphoric ester groups is 3. The molecule has 27 nitrogen and oxygen atoms in total. The van der Waals surface area contributed by atoms with Crippen molar-refractivity contribution in [2.24, 2.45) is 5.41 Å². The van der Waals surface area contributed by atoms with Crippen molar-refractivity contribution >= 4 is 101 Å². The second-order valence-corrected chi connectivity index (χ2v) is 21.9. The van der Waals surface area contributed by atoms with E-state index in [9.17, 15) is 57.9 Å². The third kappa shape index (κ3) is 14.6. The maximum atomic E-state index is 12.7. The number of aromatic nitrogens is 4. The maximum Gasteiger partial charge on any atom is 0.274 e. The van der Waals surface area contributed by atoms with Gasteiger partial charge in [0.05, 0.1) is 19.5 Å². The lowest BCUT2D eigenvalue weighted by Crippen LogP contribution is -2.46. The van der Waals surface area contributed by atoms with Gasteiger partial charge in [0, 0.05) is 37.1 Å². The fraction of sp³-hybridized carbons (Fsp3) is 0.415. The van der Waals surface area contributed by atoms with Gasteiger partial charge in [0.2, 0.25) is 11.8 Å². The number of phosphoric acid groups is 3. The minimum Gasteiger partial charge on any atom is -0.756 e. The molecule has 0 aliphatic carbocycles. The lowest BCUT2D eigenvalue weighted by molar-refractivity contribution is -0.247. The van der Waals surface area contributed by atoms with E-state index in [1.165, 1.54) is 51.7 Å². The van der Waals surface area contributed by atoms with Crippen molar-refractivity contribution in [2.45, 2.75) is 70.2 Å². The van der Waals surface area contributed by atoms with Crippen LogP contribution < -0.4 is 49.5 Å². The number of ether oxygens (including phenoxy) is 1. The standard InChI is InChI=1S/C41H50N7O17P3S.3H3N/c1-41(2,20-62-68(59,60)65-67(57,58)61-19-28-35(64-66(54,55)56)34(51)40(63-28)48-22-47-33-37(42)45-21-46-38(33)48)36(52)39(53)44-16-15-29(49)43-17-18-69-30(50)8-4-5-23-9-10-26-12-11-24-6-3-7-25-13-14-27(23)32(26)31(24)25;;;/h3,6-7,9-14,21-22,28,34-36,40,51-52H,4-5,8,15-20H2,1-2H3,(H,43,49)(H,44,53)(H,57,58)(H,59,60)(H2,42,45,46)(H2,54,55,56);3*1H3/t28-,34?,35+,36+,40-;;;/m1.../s1. The Kier molecular flexibility index (Phi) is 20.5. The number of nitrogens with two attached hydrogens (primary N) is 1. The zero-order valence-corrected chi connectivity index (χ0v) is 43.3. The number of amides is 2. The monoisotopic (exact) mass is 1090 g/mol. The molecule has 31 heteroatoms. The van der Waals surface area contributed by atoms with Gasteiger partial charge in [-0.1, -0.05) is 80.2 Å². The number of anilines is 1. The smallest absolute Gasteiger partial charge is 0.274 e. The van der Waals surface area contributed by atoms with Gasteiger partial charge in [0.1, 0.15) is 36.3 Å². The number of fused-ring (bicyclic) bond motifs is 1. The van der Waals surface area contributed by atoms with Gasteiger partial charge in [-0.05, 0) is 50.7 Å². The van der Waals surface area contributed by atoms with Crippen LogP contribution in [-0.4, -0.2) is 108 Å². The first-order chi connectivity index (χ1) is 32.5. The highest BCUT2D eigenvalue weighted by atomic mass is 32.2. The molecule has 0 spiro atoms. The molecule has 0 radical (unpaired) electrons. The van der Waals surface area contributed by atoms with Crippen molar-refractivity contribution in [3.63, 3.8) is 0 Å². The van der Waals surface area contributed by atoms with Gasteiger partial charge < -0.3 is 82.9 Å². The highest BCUT2D eigenvalue weighted by Gasteiger charge is 2.48. The van der Waals surface area contributed by atoms with Crippen molar-refractivity contribution in [1.29, 1.82) is 0 Å². The Morgan fingerprint density at radius 3 is 2.25 bits per heavy atom. The van der Waals surface area contributed by atoms with E-state index in [0.717, 1.165) is 35.4 Å². The predicted octanol–water partition coefficient (Wildman–Crippen LogP) is 2.82. The summed E-state index contributed by atoms with van der Waals surface area (Å²) in [6.45, 7) is 0.132. The van der Waals surface area contributed by atoms with Gasteiger partial charge >= 0.3 is 0 Å². The lowest BCUT2D eigenvalue weighted by atomic mass is 9.87. The summed E-state index contributed by atoms with van der Waals surface area (Å²) >= 11 is 1.11. The summed E-state index contributed by atoms with van der Waals surface area (Å²) < 4.78 is 61.3. The number of aryl methyl sites for hydroxylation is 1. The molecule has 4 unspecified atom stereocenters. The van der Waals surface area contributed by atoms with Crippen LogP contribution in [0.2, 0.25) is 0 Å². The number of nitrogens with one attached hydrogen (secondary N) is 2. The number of thioether (sulfide) groups is 1. The van der Waals surface area contributed by atoms with Gasteiger partial charge in [-0.25, -0.2) is 19.3 Å². The first-order valence-electron chi connectivity index (χ1n) is 21.2. The molecule has 1 saturated heterocycles. The molecular formula is C41H59N10O17P3S. The number of rotatable bonds is 23. The first kappa shape index (κ1) is 59.9. The number of hydrogen-bond donors (Lipinski definition) is 9. The fourth-order valence-corrected chi connectivity index (χ4v) is 11.3. The Labute approximate surface area is 415 Å². The van der Waals surface area contributed by atoms with E-state index in [2.05, 4.69) is 92.0 Å². The number of nitrogen functional groups attached to an aromatic ring is 1. The molecule has 2 amide bonds. The molecule has 1 fully saturated rings. The van der Waals surface area contributed by atoms with Crippen molar-refractivity contribution < 1.29 is 80.5 Å². The van der Waals surface area contributed by atoms with Gasteiger partial charge in [-0.2, -0.15) is 0 Å². The summed E-state index contributed by atoms with van der Waals surface area (Å²) in [7, 11) is -17.4. The van der Waals surface area contributed by atoms with Crippen LogP contribution in [0.3, 0.4) is 0 Å². The van der Waals surface area contributed by atoms with E-state index in [1.54, 1.807) is 0 Å². The van der Waals surface area contributed by atoms with Crippen LogP contribution in [0.1, 0.15) is 44.9 Å². The molecule has 6 aromatic rings. The van der Waals surface area contributed by atoms with Crippen LogP contribution in [0.25, 0.3) is 43.5 Å². The fourth-order valence-electron chi connectivity index (χ4n) is 7.79. The van der Waals surface area contributed by atoms with Gasteiger partial charge in [0.15, 0.2) is 22.8 Å². The summed E-state index contributed by atoms with van der Waals surface area (Å²) in [6, 6.07) is 19.0. The lowest BCUT2D eigenvalue weighted by Gasteiger charge is -2.35. The molecule has 3 heterocycles. The van der Waals surface area contributed by atoms with Crippen LogP contribution >= 0.6 is 35.2 Å². The maximum absolute atomic E-state index is 12.7. The average molecular weight is 1090 g/mol. The third-order valence-electron chi connectivity index (χ3n) is 11.2. The number of quaternary nitrogens is 3. The molecule has 7 rings (SSSR count). The second-order valence-electron chi connectivity index (χ2n) is 16.7. The molecule has 1 aliphatic rings. The first-order valence-corrected chi connectivity index (χ1v) is 26.6. The average Bonchev–Trinajstić information content (AvgIpc) is 3.85. The summed E-state index contributed by atoms with van der Waals surface area (Å²) in [5, 5.41) is 33.7. The molecular weight excluding hydrogens is 1030 g/mol. The number of imidazole rings is 1. The van der Waals surface area contributed by atoms with Crippen LogP contribution in [0.4, 0.5) is 5.82 Å². The molecule has 4 aromatic carbocycles. The normalized spacial score (nSPS) is 19.9. The number of benzene rings is 4. The molecule has 19 N–H and O–H groups in total. The largest absolute Gasteiger partial charge is 0.756 e. The van der Waals surface area contributed by atoms with Crippen LogP contribution in [0.5, 0.6) is 0 Å². The molecule has 0 saturated carbocycles. The topological polar surface area (TPSA) is 482 Å². The van der Waals surface area contributed by atoms with E-state index in [4.69, 9.17) is 10.5 Å². The number of carbonyl (C=O) groups is 3. The molecule has 72 heavy (non-hydrogen) atoms. The summed E-state index contributed by atoms with van der Waals surface area (Å²) in [5.41, 5.74) is 5.29. The van der Waals surface area contributed by atoms with Crippen LogP contribution in [-0.2, 0) is 57.1 Å². The highest BCUT2D eigenvalue weighted by Crippen LogP contribution is 2.56. The quantitative estimate of drug-likeness (QED) is 0.0253. The number of aliphatic hydroxyl groups is 2. The third-order valence-corrected chi connectivity index (χ3v) is 15.1. The highest BCUT2D eigenvalue weighted by molar-refractivity contribution is 8.13. The number of hydrogen-bond acceptors (Lipinski definition) is 21. The van der Waals surface area contributed by atoms with E-state index in [0.29, 0.717) is 18.6 Å². The molecule has 2 aromatic heterocycles. The Hall–Kier alpha value is -4.64. The molecule has 1 aliphatic heterocycles. The van der Waals surface area contributed by atoms with Crippen LogP contribution in [0.15, 0.2) is 67.3 Å². The van der Waals surface area contributed by atoms with E-state index < -0.39 is 84.6 Å². The molecule has 396 valence electrons.